The number of pyridine rings is 1. The average molecular weight is 487 g/mol. The lowest BCUT2D eigenvalue weighted by molar-refractivity contribution is 0.0540. The lowest BCUT2D eigenvalue weighted by Gasteiger charge is -2.21. The van der Waals surface area contributed by atoms with Gasteiger partial charge in [0.15, 0.2) is 11.3 Å². The van der Waals surface area contributed by atoms with E-state index < -0.39 is 0 Å². The summed E-state index contributed by atoms with van der Waals surface area (Å²) in [6.07, 6.45) is 3.56. The van der Waals surface area contributed by atoms with Gasteiger partial charge in [-0.3, -0.25) is 4.79 Å². The van der Waals surface area contributed by atoms with E-state index in [4.69, 9.17) is 4.74 Å². The molecule has 0 amide bonds. The van der Waals surface area contributed by atoms with Crippen LogP contribution in [0.15, 0.2) is 47.4 Å². The van der Waals surface area contributed by atoms with Gasteiger partial charge < -0.3 is 4.74 Å². The van der Waals surface area contributed by atoms with Crippen molar-refractivity contribution in [3.63, 3.8) is 0 Å². The Kier molecular flexibility index (Phi) is 4.59. The van der Waals surface area contributed by atoms with E-state index in [1.807, 2.05) is 12.1 Å². The Morgan fingerprint density at radius 1 is 1.14 bits per heavy atom. The van der Waals surface area contributed by atoms with E-state index >= 15 is 0 Å². The molecule has 1 unspecified atom stereocenters. The molecule has 3 aliphatic heterocycles. The molecule has 0 saturated carbocycles. The van der Waals surface area contributed by atoms with Gasteiger partial charge in [0, 0.05) is 21.8 Å². The van der Waals surface area contributed by atoms with Crippen LogP contribution in [0.5, 0.6) is 0 Å². The van der Waals surface area contributed by atoms with Crippen LogP contribution in [-0.4, -0.2) is 37.8 Å². The van der Waals surface area contributed by atoms with Crippen molar-refractivity contribution in [3.05, 3.63) is 62.1 Å². The van der Waals surface area contributed by atoms with Crippen LogP contribution in [0.3, 0.4) is 0 Å². The molecule has 0 spiro atoms. The maximum atomic E-state index is 13.1. The highest BCUT2D eigenvalue weighted by Gasteiger charge is 2.27. The summed E-state index contributed by atoms with van der Waals surface area (Å²) in [5.41, 5.74) is 2.66. The molecule has 5 rings (SSSR count). The van der Waals surface area contributed by atoms with Crippen molar-refractivity contribution in [2.24, 2.45) is 0 Å². The summed E-state index contributed by atoms with van der Waals surface area (Å²) in [5.74, 6) is 0. The third kappa shape index (κ3) is 3.10. The van der Waals surface area contributed by atoms with Gasteiger partial charge in [-0.2, -0.15) is 10.2 Å². The lowest BCUT2D eigenvalue weighted by Crippen LogP contribution is -2.29. The highest BCUT2D eigenvalue weighted by molar-refractivity contribution is 14.1. The molecule has 0 radical (unpaired) electrons. The van der Waals surface area contributed by atoms with Crippen molar-refractivity contribution in [1.29, 1.82) is 0 Å². The number of hydrogen-bond acceptors (Lipinski definition) is 5. The Bertz CT molecular complexity index is 1160. The molecule has 28 heavy (non-hydrogen) atoms. The van der Waals surface area contributed by atoms with Crippen LogP contribution in [0.25, 0.3) is 22.4 Å². The van der Waals surface area contributed by atoms with E-state index in [0.29, 0.717) is 24.5 Å². The molecule has 0 bridgehead atoms. The standard InChI is InChI=1S/C20H18IN5O2/c21-14-7-5-13(6-8-14)11-25-19-16(4-1-9-22-19)17-18(23-25)20(27)26(24-17)15-3-2-10-28-12-15/h1,4-9,15H,2-3,10-12H2. The Morgan fingerprint density at radius 2 is 2.00 bits per heavy atom. The largest absolute Gasteiger partial charge is 0.379 e. The van der Waals surface area contributed by atoms with Crippen LogP contribution >= 0.6 is 22.6 Å². The van der Waals surface area contributed by atoms with E-state index in [9.17, 15) is 4.79 Å². The number of hydrogen-bond donors (Lipinski definition) is 0. The van der Waals surface area contributed by atoms with Gasteiger partial charge >= 0.3 is 0 Å². The summed E-state index contributed by atoms with van der Waals surface area (Å²) in [6.45, 7) is 1.80. The number of ether oxygens (including phenoxy) is 1. The van der Waals surface area contributed by atoms with Crippen LogP contribution in [0.1, 0.15) is 24.4 Å². The molecule has 4 heterocycles. The van der Waals surface area contributed by atoms with Gasteiger partial charge in [0.25, 0.3) is 5.56 Å². The van der Waals surface area contributed by atoms with Crippen LogP contribution in [0, 0.1) is 3.57 Å². The summed E-state index contributed by atoms with van der Waals surface area (Å²) in [4.78, 5) is 17.6. The van der Waals surface area contributed by atoms with Gasteiger partial charge in [-0.15, -0.1) is 0 Å². The zero-order valence-electron chi connectivity index (χ0n) is 15.1. The number of fused-ring (bicyclic) bond motifs is 3. The highest BCUT2D eigenvalue weighted by Crippen LogP contribution is 2.26. The SMILES string of the molecule is O=c1c2nn(Cc3ccc(I)cc3)c3ncccc3c-2nn1C1CCCOC1. The van der Waals surface area contributed by atoms with Crippen molar-refractivity contribution >= 4 is 33.6 Å². The molecule has 8 heteroatoms. The van der Waals surface area contributed by atoms with E-state index in [1.165, 1.54) is 3.57 Å². The third-order valence-corrected chi connectivity index (χ3v) is 5.80. The molecule has 1 saturated heterocycles. The molecular formula is C20H18IN5O2. The number of nitrogens with zero attached hydrogens (tertiary/aromatic N) is 5. The number of aromatic nitrogens is 5. The molecule has 7 nitrogen and oxygen atoms in total. The van der Waals surface area contributed by atoms with Crippen molar-refractivity contribution in [3.8, 4) is 11.4 Å². The fourth-order valence-electron chi connectivity index (χ4n) is 3.67. The minimum Gasteiger partial charge on any atom is -0.379 e. The molecule has 1 aromatic carbocycles. The molecule has 0 aliphatic carbocycles. The first-order valence-corrected chi connectivity index (χ1v) is 10.3. The smallest absolute Gasteiger partial charge is 0.297 e. The van der Waals surface area contributed by atoms with Gasteiger partial charge in [-0.1, -0.05) is 12.1 Å². The molecule has 142 valence electrons. The third-order valence-electron chi connectivity index (χ3n) is 5.08. The molecule has 1 atom stereocenters. The van der Waals surface area contributed by atoms with Gasteiger partial charge in [-0.05, 0) is 65.3 Å². The maximum Gasteiger partial charge on any atom is 0.297 e. The Balaban J connectivity index is 1.67. The Labute approximate surface area is 174 Å². The van der Waals surface area contributed by atoms with E-state index in [0.717, 1.165) is 36.0 Å². The van der Waals surface area contributed by atoms with Crippen LogP contribution in [-0.2, 0) is 11.3 Å². The quantitative estimate of drug-likeness (QED) is 0.416. The predicted octanol–water partition coefficient (Wildman–Crippen LogP) is 3.10. The second-order valence-electron chi connectivity index (χ2n) is 6.98. The van der Waals surface area contributed by atoms with Gasteiger partial charge in [0.1, 0.15) is 5.69 Å². The number of benzene rings is 1. The minimum atomic E-state index is -0.160. The molecule has 2 aromatic rings. The fourth-order valence-corrected chi connectivity index (χ4v) is 4.03. The zero-order valence-corrected chi connectivity index (χ0v) is 17.2. The first kappa shape index (κ1) is 17.7. The lowest BCUT2D eigenvalue weighted by atomic mass is 10.1. The zero-order chi connectivity index (χ0) is 19.1. The average Bonchev–Trinajstić information content (AvgIpc) is 3.07. The highest BCUT2D eigenvalue weighted by atomic mass is 127. The fraction of sp³-hybridized carbons (Fsp3) is 0.300. The van der Waals surface area contributed by atoms with Crippen molar-refractivity contribution in [2.45, 2.75) is 25.4 Å². The summed E-state index contributed by atoms with van der Waals surface area (Å²) in [6, 6.07) is 12.0. The second kappa shape index (κ2) is 7.25. The second-order valence-corrected chi connectivity index (χ2v) is 8.22. The van der Waals surface area contributed by atoms with Crippen LogP contribution in [0.4, 0.5) is 0 Å². The Hall–Kier alpha value is -2.33. The predicted molar refractivity (Wildman–Crippen MR) is 114 cm³/mol. The summed E-state index contributed by atoms with van der Waals surface area (Å²) < 4.78 is 10.1. The van der Waals surface area contributed by atoms with Crippen molar-refractivity contribution in [1.82, 2.24) is 24.5 Å². The molecular weight excluding hydrogens is 469 g/mol. The molecule has 1 fully saturated rings. The molecule has 3 aliphatic rings. The van der Waals surface area contributed by atoms with Crippen LogP contribution < -0.4 is 5.56 Å². The first-order valence-electron chi connectivity index (χ1n) is 9.27. The van der Waals surface area contributed by atoms with E-state index in [-0.39, 0.29) is 11.6 Å². The Morgan fingerprint density at radius 3 is 2.79 bits per heavy atom. The monoisotopic (exact) mass is 487 g/mol. The normalized spacial score (nSPS) is 17.4. The minimum absolute atomic E-state index is 0.0354. The number of rotatable bonds is 3. The van der Waals surface area contributed by atoms with Gasteiger partial charge in [0.2, 0.25) is 0 Å². The van der Waals surface area contributed by atoms with Crippen LogP contribution in [0.2, 0.25) is 0 Å². The number of halogens is 1. The molecule has 1 aromatic heterocycles. The van der Waals surface area contributed by atoms with Gasteiger partial charge in [-0.25, -0.2) is 14.3 Å². The van der Waals surface area contributed by atoms with Crippen molar-refractivity contribution < 1.29 is 4.74 Å². The summed E-state index contributed by atoms with van der Waals surface area (Å²) >= 11 is 2.28. The maximum absolute atomic E-state index is 13.1. The van der Waals surface area contributed by atoms with E-state index in [2.05, 4.69) is 62.0 Å². The summed E-state index contributed by atoms with van der Waals surface area (Å²) in [7, 11) is 0. The van der Waals surface area contributed by atoms with Gasteiger partial charge in [0.05, 0.1) is 19.2 Å². The topological polar surface area (TPSA) is 74.8 Å². The first-order chi connectivity index (χ1) is 13.7. The molecule has 0 N–H and O–H groups in total. The van der Waals surface area contributed by atoms with Crippen molar-refractivity contribution in [2.75, 3.05) is 13.2 Å². The van der Waals surface area contributed by atoms with E-state index in [1.54, 1.807) is 15.6 Å². The summed E-state index contributed by atoms with van der Waals surface area (Å²) in [5, 5.41) is 10.1.